The highest BCUT2D eigenvalue weighted by Crippen LogP contribution is 2.19. The summed E-state index contributed by atoms with van der Waals surface area (Å²) in [7, 11) is 3.21. The maximum Gasteiger partial charge on any atom is 0.239 e. The molecule has 0 spiro atoms. The first-order valence-electron chi connectivity index (χ1n) is 8.80. The summed E-state index contributed by atoms with van der Waals surface area (Å²) < 4.78 is 10.5. The molecule has 0 unspecified atom stereocenters. The summed E-state index contributed by atoms with van der Waals surface area (Å²) >= 11 is 0. The highest BCUT2D eigenvalue weighted by atomic mass is 16.5. The quantitative estimate of drug-likeness (QED) is 0.736. The normalized spacial score (nSPS) is 10.2. The van der Waals surface area contributed by atoms with Crippen molar-refractivity contribution in [3.05, 3.63) is 59.7 Å². The van der Waals surface area contributed by atoms with E-state index in [1.165, 1.54) is 11.8 Å². The second-order valence-electron chi connectivity index (χ2n) is 6.14. The van der Waals surface area contributed by atoms with Crippen LogP contribution in [0.3, 0.4) is 0 Å². The minimum Gasteiger partial charge on any atom is -0.497 e. The first-order valence-corrected chi connectivity index (χ1v) is 8.80. The third-order valence-electron chi connectivity index (χ3n) is 4.20. The molecule has 0 aromatic heterocycles. The van der Waals surface area contributed by atoms with Crippen LogP contribution in [0.5, 0.6) is 11.5 Å². The van der Waals surface area contributed by atoms with E-state index in [0.29, 0.717) is 25.3 Å². The number of nitrogens with zero attached hydrogens (tertiary/aromatic N) is 1. The lowest BCUT2D eigenvalue weighted by Crippen LogP contribution is -2.40. The van der Waals surface area contributed by atoms with Crippen molar-refractivity contribution in [2.24, 2.45) is 0 Å². The van der Waals surface area contributed by atoms with Crippen LogP contribution in [0.1, 0.15) is 18.1 Å². The lowest BCUT2D eigenvalue weighted by molar-refractivity contribution is -0.134. The number of methoxy groups -OCH3 is 2. The fraction of sp³-hybridized carbons (Fsp3) is 0.333. The molecule has 0 radical (unpaired) electrons. The smallest absolute Gasteiger partial charge is 0.239 e. The Hall–Kier alpha value is -3.02. The maximum atomic E-state index is 12.3. The first-order chi connectivity index (χ1) is 13.0. The zero-order valence-electron chi connectivity index (χ0n) is 16.0. The third kappa shape index (κ3) is 6.33. The molecular weight excluding hydrogens is 344 g/mol. The second kappa shape index (κ2) is 10.2. The van der Waals surface area contributed by atoms with Crippen molar-refractivity contribution in [2.75, 3.05) is 27.3 Å². The van der Waals surface area contributed by atoms with Crippen molar-refractivity contribution < 1.29 is 19.1 Å². The van der Waals surface area contributed by atoms with E-state index in [9.17, 15) is 9.59 Å². The fourth-order valence-corrected chi connectivity index (χ4v) is 2.72. The lowest BCUT2D eigenvalue weighted by Gasteiger charge is -2.21. The predicted molar refractivity (Wildman–Crippen MR) is 104 cm³/mol. The van der Waals surface area contributed by atoms with E-state index in [2.05, 4.69) is 5.32 Å². The fourth-order valence-electron chi connectivity index (χ4n) is 2.72. The molecular formula is C21H26N2O4. The minimum absolute atomic E-state index is 0.00545. The average Bonchev–Trinajstić information content (AvgIpc) is 2.68. The van der Waals surface area contributed by atoms with Gasteiger partial charge in [-0.05, 0) is 30.2 Å². The van der Waals surface area contributed by atoms with Gasteiger partial charge in [0.2, 0.25) is 11.8 Å². The SMILES string of the molecule is COc1cccc(CCNC(=O)CN(Cc2ccccc2OC)C(C)=O)c1. The van der Waals surface area contributed by atoms with Crippen LogP contribution in [0.4, 0.5) is 0 Å². The molecule has 0 aliphatic heterocycles. The van der Waals surface area contributed by atoms with Gasteiger partial charge in [-0.2, -0.15) is 0 Å². The summed E-state index contributed by atoms with van der Waals surface area (Å²) in [5.74, 6) is 1.13. The van der Waals surface area contributed by atoms with Gasteiger partial charge in [0.1, 0.15) is 11.5 Å². The number of para-hydroxylation sites is 1. The van der Waals surface area contributed by atoms with Gasteiger partial charge in [-0.25, -0.2) is 0 Å². The van der Waals surface area contributed by atoms with Crippen LogP contribution in [-0.4, -0.2) is 44.0 Å². The Kier molecular flexibility index (Phi) is 7.67. The van der Waals surface area contributed by atoms with Gasteiger partial charge in [-0.3, -0.25) is 9.59 Å². The maximum absolute atomic E-state index is 12.3. The first kappa shape index (κ1) is 20.3. The summed E-state index contributed by atoms with van der Waals surface area (Å²) in [6.07, 6.45) is 0.690. The molecule has 0 fully saturated rings. The molecule has 6 heteroatoms. The predicted octanol–water partition coefficient (Wildman–Crippen LogP) is 2.41. The van der Waals surface area contributed by atoms with Gasteiger partial charge in [-0.15, -0.1) is 0 Å². The number of nitrogens with one attached hydrogen (secondary N) is 1. The summed E-state index contributed by atoms with van der Waals surface area (Å²) in [5, 5.41) is 2.86. The number of carbonyl (C=O) groups is 2. The molecule has 6 nitrogen and oxygen atoms in total. The largest absolute Gasteiger partial charge is 0.497 e. The Labute approximate surface area is 160 Å². The van der Waals surface area contributed by atoms with Gasteiger partial charge in [0.05, 0.1) is 20.8 Å². The Balaban J connectivity index is 1.88. The topological polar surface area (TPSA) is 67.9 Å². The number of rotatable bonds is 9. The van der Waals surface area contributed by atoms with Gasteiger partial charge in [0, 0.05) is 25.6 Å². The molecule has 2 rings (SSSR count). The van der Waals surface area contributed by atoms with E-state index >= 15 is 0 Å². The van der Waals surface area contributed by atoms with E-state index in [1.807, 2.05) is 48.5 Å². The van der Waals surface area contributed by atoms with Crippen molar-refractivity contribution in [1.29, 1.82) is 0 Å². The van der Waals surface area contributed by atoms with E-state index < -0.39 is 0 Å². The van der Waals surface area contributed by atoms with Crippen molar-refractivity contribution in [3.63, 3.8) is 0 Å². The standard InChI is InChI=1S/C21H26N2O4/c1-16(24)23(14-18-8-4-5-10-20(18)27-3)15-21(25)22-12-11-17-7-6-9-19(13-17)26-2/h4-10,13H,11-12,14-15H2,1-3H3,(H,22,25). The molecule has 144 valence electrons. The van der Waals surface area contributed by atoms with E-state index in [0.717, 1.165) is 16.9 Å². The Morgan fingerprint density at radius 1 is 1.04 bits per heavy atom. The van der Waals surface area contributed by atoms with Gasteiger partial charge in [0.25, 0.3) is 0 Å². The van der Waals surface area contributed by atoms with Crippen molar-refractivity contribution in [3.8, 4) is 11.5 Å². The van der Waals surface area contributed by atoms with Crippen LogP contribution in [-0.2, 0) is 22.6 Å². The minimum atomic E-state index is -0.192. The van der Waals surface area contributed by atoms with Gasteiger partial charge in [-0.1, -0.05) is 30.3 Å². The van der Waals surface area contributed by atoms with Crippen LogP contribution in [0, 0.1) is 0 Å². The molecule has 2 aromatic rings. The van der Waals surface area contributed by atoms with Crippen LogP contribution in [0.25, 0.3) is 0 Å². The summed E-state index contributed by atoms with van der Waals surface area (Å²) in [6, 6.07) is 15.2. The second-order valence-corrected chi connectivity index (χ2v) is 6.14. The highest BCUT2D eigenvalue weighted by Gasteiger charge is 2.15. The van der Waals surface area contributed by atoms with Crippen LogP contribution in [0.15, 0.2) is 48.5 Å². The number of hydrogen-bond donors (Lipinski definition) is 1. The molecule has 0 atom stereocenters. The van der Waals surface area contributed by atoms with E-state index in [-0.39, 0.29) is 18.4 Å². The third-order valence-corrected chi connectivity index (χ3v) is 4.20. The molecule has 0 aliphatic carbocycles. The number of carbonyl (C=O) groups excluding carboxylic acids is 2. The summed E-state index contributed by atoms with van der Waals surface area (Å²) in [5.41, 5.74) is 1.94. The monoisotopic (exact) mass is 370 g/mol. The zero-order chi connectivity index (χ0) is 19.6. The van der Waals surface area contributed by atoms with Gasteiger partial charge in [0.15, 0.2) is 0 Å². The van der Waals surface area contributed by atoms with Crippen LogP contribution < -0.4 is 14.8 Å². The molecule has 2 aromatic carbocycles. The summed E-state index contributed by atoms with van der Waals surface area (Å²) in [6.45, 7) is 2.28. The zero-order valence-corrected chi connectivity index (χ0v) is 16.0. The highest BCUT2D eigenvalue weighted by molar-refractivity contribution is 5.83. The van der Waals surface area contributed by atoms with E-state index in [1.54, 1.807) is 14.2 Å². The van der Waals surface area contributed by atoms with E-state index in [4.69, 9.17) is 9.47 Å². The number of ether oxygens (including phenoxy) is 2. The Bertz CT molecular complexity index is 776. The molecule has 1 N–H and O–H groups in total. The molecule has 2 amide bonds. The van der Waals surface area contributed by atoms with Crippen molar-refractivity contribution >= 4 is 11.8 Å². The Morgan fingerprint density at radius 3 is 2.52 bits per heavy atom. The molecule has 0 saturated heterocycles. The number of hydrogen-bond acceptors (Lipinski definition) is 4. The van der Waals surface area contributed by atoms with Crippen molar-refractivity contribution in [1.82, 2.24) is 10.2 Å². The summed E-state index contributed by atoms with van der Waals surface area (Å²) in [4.78, 5) is 25.7. The molecule has 27 heavy (non-hydrogen) atoms. The van der Waals surface area contributed by atoms with Crippen LogP contribution >= 0.6 is 0 Å². The average molecular weight is 370 g/mol. The Morgan fingerprint density at radius 2 is 1.81 bits per heavy atom. The molecule has 0 heterocycles. The lowest BCUT2D eigenvalue weighted by atomic mass is 10.1. The van der Waals surface area contributed by atoms with Crippen LogP contribution in [0.2, 0.25) is 0 Å². The van der Waals surface area contributed by atoms with Gasteiger partial charge >= 0.3 is 0 Å². The molecule has 0 saturated carbocycles. The number of amides is 2. The number of benzene rings is 2. The van der Waals surface area contributed by atoms with Crippen molar-refractivity contribution in [2.45, 2.75) is 19.9 Å². The van der Waals surface area contributed by atoms with Gasteiger partial charge < -0.3 is 19.7 Å². The molecule has 0 bridgehead atoms. The molecule has 0 aliphatic rings.